The van der Waals surface area contributed by atoms with Gasteiger partial charge in [-0.25, -0.2) is 0 Å². The highest BCUT2D eigenvalue weighted by Gasteiger charge is 2.24. The highest BCUT2D eigenvalue weighted by Crippen LogP contribution is 2.31. The summed E-state index contributed by atoms with van der Waals surface area (Å²) in [6, 6.07) is 11.9. The van der Waals surface area contributed by atoms with E-state index in [2.05, 4.69) is 13.8 Å². The van der Waals surface area contributed by atoms with E-state index in [1.165, 1.54) is 19.5 Å². The van der Waals surface area contributed by atoms with Crippen LogP contribution in [0.5, 0.6) is 5.75 Å². The minimum Gasteiger partial charge on any atom is -0.491 e. The Labute approximate surface area is 155 Å². The second-order valence-corrected chi connectivity index (χ2v) is 7.81. The van der Waals surface area contributed by atoms with E-state index < -0.39 is 0 Å². The van der Waals surface area contributed by atoms with Crippen LogP contribution < -0.4 is 9.64 Å². The molecule has 25 heavy (non-hydrogen) atoms. The molecule has 0 radical (unpaired) electrons. The van der Waals surface area contributed by atoms with Gasteiger partial charge in [-0.05, 0) is 18.6 Å². The maximum atomic E-state index is 6.24. The lowest BCUT2D eigenvalue weighted by Gasteiger charge is -2.31. The number of likely N-dealkylation sites (tertiary alicyclic amines) is 1. The lowest BCUT2D eigenvalue weighted by molar-refractivity contribution is -0.912. The van der Waals surface area contributed by atoms with E-state index in [0.717, 1.165) is 46.5 Å². The zero-order valence-corrected chi connectivity index (χ0v) is 16.0. The number of rotatable bonds is 7. The van der Waals surface area contributed by atoms with Crippen LogP contribution in [0.15, 0.2) is 36.4 Å². The van der Waals surface area contributed by atoms with Crippen molar-refractivity contribution in [3.05, 3.63) is 41.4 Å². The van der Waals surface area contributed by atoms with Crippen LogP contribution >= 0.6 is 11.6 Å². The lowest BCUT2D eigenvalue weighted by atomic mass is 9.92. The Hall–Kier alpha value is -1.29. The molecule has 0 saturated carbocycles. The van der Waals surface area contributed by atoms with Gasteiger partial charge in [0.2, 0.25) is 0 Å². The Balaban J connectivity index is 1.40. The summed E-state index contributed by atoms with van der Waals surface area (Å²) < 4.78 is 11.7. The first-order valence-corrected chi connectivity index (χ1v) is 9.72. The number of quaternary nitrogens is 1. The number of nitrogens with one attached hydrogen (secondary N) is 1. The van der Waals surface area contributed by atoms with E-state index in [1.807, 2.05) is 36.4 Å². The van der Waals surface area contributed by atoms with Crippen molar-refractivity contribution in [2.45, 2.75) is 20.3 Å². The predicted octanol–water partition coefficient (Wildman–Crippen LogP) is 3.45. The second-order valence-electron chi connectivity index (χ2n) is 7.41. The number of fused-ring (bicyclic) bond motifs is 1. The molecular formula is C21H29ClNO2+. The van der Waals surface area contributed by atoms with Crippen molar-refractivity contribution in [3.63, 3.8) is 0 Å². The number of halogens is 1. The maximum absolute atomic E-state index is 6.24. The van der Waals surface area contributed by atoms with Crippen LogP contribution in [0.3, 0.4) is 0 Å². The van der Waals surface area contributed by atoms with Crippen molar-refractivity contribution in [1.29, 1.82) is 0 Å². The van der Waals surface area contributed by atoms with E-state index >= 15 is 0 Å². The van der Waals surface area contributed by atoms with Crippen molar-refractivity contribution in [3.8, 4) is 5.75 Å². The van der Waals surface area contributed by atoms with Gasteiger partial charge in [-0.15, -0.1) is 0 Å². The average molecular weight is 363 g/mol. The molecule has 1 N–H and O–H groups in total. The van der Waals surface area contributed by atoms with Crippen molar-refractivity contribution < 1.29 is 14.4 Å². The summed E-state index contributed by atoms with van der Waals surface area (Å²) in [7, 11) is 0. The molecule has 1 fully saturated rings. The van der Waals surface area contributed by atoms with Crippen molar-refractivity contribution in [1.82, 2.24) is 0 Å². The van der Waals surface area contributed by atoms with Gasteiger partial charge in [0.15, 0.2) is 0 Å². The molecule has 1 saturated heterocycles. The summed E-state index contributed by atoms with van der Waals surface area (Å²) in [6.45, 7) is 10.4. The van der Waals surface area contributed by atoms with Crippen LogP contribution in [0.1, 0.15) is 20.3 Å². The summed E-state index contributed by atoms with van der Waals surface area (Å²) in [5.41, 5.74) is 0. The summed E-state index contributed by atoms with van der Waals surface area (Å²) in [4.78, 5) is 1.68. The van der Waals surface area contributed by atoms with Gasteiger partial charge < -0.3 is 14.4 Å². The third-order valence-electron chi connectivity index (χ3n) is 5.00. The standard InChI is InChI=1S/C21H28ClNO2/c1-16-13-17(2)15-23(14-16)9-10-24-11-12-25-21-8-7-20(22)18-5-3-4-6-19(18)21/h3-8,16-17H,9-15H2,1-2H3/p+1/t16-,17-/m0/s1. The molecule has 2 aromatic carbocycles. The van der Waals surface area contributed by atoms with Crippen molar-refractivity contribution >= 4 is 22.4 Å². The van der Waals surface area contributed by atoms with Gasteiger partial charge in [-0.2, -0.15) is 0 Å². The molecule has 4 heteroatoms. The van der Waals surface area contributed by atoms with Gasteiger partial charge in [0.05, 0.1) is 26.3 Å². The molecule has 0 aliphatic carbocycles. The Bertz CT molecular complexity index is 681. The molecule has 1 aliphatic heterocycles. The van der Waals surface area contributed by atoms with Gasteiger partial charge in [-0.3, -0.25) is 0 Å². The fraction of sp³-hybridized carbons (Fsp3) is 0.524. The molecular weight excluding hydrogens is 334 g/mol. The fourth-order valence-corrected chi connectivity index (χ4v) is 4.24. The molecule has 0 aromatic heterocycles. The molecule has 2 atom stereocenters. The first kappa shape index (κ1) is 18.5. The van der Waals surface area contributed by atoms with Crippen LogP contribution in [0.25, 0.3) is 10.8 Å². The first-order chi connectivity index (χ1) is 12.1. The monoisotopic (exact) mass is 362 g/mol. The van der Waals surface area contributed by atoms with Gasteiger partial charge >= 0.3 is 0 Å². The highest BCUT2D eigenvalue weighted by atomic mass is 35.5. The number of ether oxygens (including phenoxy) is 2. The van der Waals surface area contributed by atoms with Gasteiger partial charge in [-0.1, -0.05) is 49.7 Å². The SMILES string of the molecule is C[C@H]1C[C@H](C)C[NH+](CCOCCOc2ccc(Cl)c3ccccc23)C1. The largest absolute Gasteiger partial charge is 0.491 e. The minimum atomic E-state index is 0.563. The molecule has 1 heterocycles. The summed E-state index contributed by atoms with van der Waals surface area (Å²) in [6.07, 6.45) is 1.37. The molecule has 2 aromatic rings. The summed E-state index contributed by atoms with van der Waals surface area (Å²) >= 11 is 6.24. The average Bonchev–Trinajstić information content (AvgIpc) is 2.59. The molecule has 0 unspecified atom stereocenters. The summed E-state index contributed by atoms with van der Waals surface area (Å²) in [5.74, 6) is 2.54. The van der Waals surface area contributed by atoms with Gasteiger partial charge in [0, 0.05) is 27.6 Å². The number of hydrogen-bond donors (Lipinski definition) is 1. The molecule has 136 valence electrons. The topological polar surface area (TPSA) is 22.9 Å². The van der Waals surface area contributed by atoms with Gasteiger partial charge in [0.1, 0.15) is 18.9 Å². The molecule has 0 bridgehead atoms. The highest BCUT2D eigenvalue weighted by molar-refractivity contribution is 6.35. The van der Waals surface area contributed by atoms with Gasteiger partial charge in [0.25, 0.3) is 0 Å². The quantitative estimate of drug-likeness (QED) is 0.762. The van der Waals surface area contributed by atoms with Crippen LogP contribution in [0.2, 0.25) is 5.02 Å². The van der Waals surface area contributed by atoms with Crippen LogP contribution in [-0.2, 0) is 4.74 Å². The number of piperidine rings is 1. The Morgan fingerprint density at radius 3 is 2.44 bits per heavy atom. The second kappa shape index (κ2) is 8.88. The number of benzene rings is 2. The minimum absolute atomic E-state index is 0.563. The van der Waals surface area contributed by atoms with E-state index in [4.69, 9.17) is 21.1 Å². The third-order valence-corrected chi connectivity index (χ3v) is 5.32. The normalized spacial score (nSPS) is 23.7. The molecule has 0 spiro atoms. The van der Waals surface area contributed by atoms with E-state index in [-0.39, 0.29) is 0 Å². The zero-order valence-electron chi connectivity index (χ0n) is 15.3. The zero-order chi connectivity index (χ0) is 17.6. The molecule has 3 rings (SSSR count). The number of hydrogen-bond acceptors (Lipinski definition) is 2. The van der Waals surface area contributed by atoms with Crippen LogP contribution in [-0.4, -0.2) is 39.5 Å². The van der Waals surface area contributed by atoms with Crippen LogP contribution in [0.4, 0.5) is 0 Å². The van der Waals surface area contributed by atoms with Crippen LogP contribution in [0, 0.1) is 11.8 Å². The lowest BCUT2D eigenvalue weighted by Crippen LogP contribution is -3.14. The predicted molar refractivity (Wildman–Crippen MR) is 104 cm³/mol. The maximum Gasteiger partial charge on any atom is 0.127 e. The molecule has 1 aliphatic rings. The van der Waals surface area contributed by atoms with Crippen molar-refractivity contribution in [2.24, 2.45) is 11.8 Å². The Kier molecular flexibility index (Phi) is 6.57. The fourth-order valence-electron chi connectivity index (χ4n) is 4.02. The molecule has 3 nitrogen and oxygen atoms in total. The summed E-state index contributed by atoms with van der Waals surface area (Å²) in [5, 5.41) is 2.84. The van der Waals surface area contributed by atoms with E-state index in [1.54, 1.807) is 4.90 Å². The third kappa shape index (κ3) is 5.10. The van der Waals surface area contributed by atoms with E-state index in [0.29, 0.717) is 13.2 Å². The van der Waals surface area contributed by atoms with Crippen molar-refractivity contribution in [2.75, 3.05) is 39.5 Å². The smallest absolute Gasteiger partial charge is 0.127 e. The Morgan fingerprint density at radius 1 is 0.960 bits per heavy atom. The van der Waals surface area contributed by atoms with E-state index in [9.17, 15) is 0 Å². The first-order valence-electron chi connectivity index (χ1n) is 9.35. The Morgan fingerprint density at radius 2 is 1.68 bits per heavy atom. The molecule has 0 amide bonds.